The van der Waals surface area contributed by atoms with Gasteiger partial charge in [0.15, 0.2) is 6.10 Å². The number of hydrogen-bond acceptors (Lipinski definition) is 5. The molecule has 0 bridgehead atoms. The van der Waals surface area contributed by atoms with E-state index in [1.165, 1.54) is 6.92 Å². The summed E-state index contributed by atoms with van der Waals surface area (Å²) in [5.74, 6) is -1.97. The van der Waals surface area contributed by atoms with Gasteiger partial charge in [-0.15, -0.1) is 0 Å². The molecule has 1 aromatic carbocycles. The zero-order valence-electron chi connectivity index (χ0n) is 13.9. The lowest BCUT2D eigenvalue weighted by atomic mass is 10.1. The molecule has 0 unspecified atom stereocenters. The van der Waals surface area contributed by atoms with E-state index < -0.39 is 45.9 Å². The maximum absolute atomic E-state index is 12.8. The van der Waals surface area contributed by atoms with Crippen LogP contribution in [0.2, 0.25) is 0 Å². The number of esters is 1. The fraction of sp³-hybridized carbons (Fsp3) is 0.467. The Morgan fingerprint density at radius 1 is 1.21 bits per heavy atom. The highest BCUT2D eigenvalue weighted by Crippen LogP contribution is 2.09. The molecule has 0 fully saturated rings. The predicted molar refractivity (Wildman–Crippen MR) is 85.0 cm³/mol. The molecule has 0 aliphatic carbocycles. The number of carbonyl (C=O) groups is 2. The van der Waals surface area contributed by atoms with Gasteiger partial charge in [-0.05, 0) is 52.0 Å². The Balaban J connectivity index is 2.56. The van der Waals surface area contributed by atoms with Crippen LogP contribution in [0.25, 0.3) is 0 Å². The summed E-state index contributed by atoms with van der Waals surface area (Å²) >= 11 is 0. The van der Waals surface area contributed by atoms with Crippen molar-refractivity contribution in [3.63, 3.8) is 0 Å². The first-order valence-electron chi connectivity index (χ1n) is 7.17. The van der Waals surface area contributed by atoms with Crippen LogP contribution >= 0.6 is 0 Å². The molecule has 1 amide bonds. The quantitative estimate of drug-likeness (QED) is 0.736. The molecule has 0 spiro atoms. The fourth-order valence-corrected chi connectivity index (χ4v) is 2.58. The summed E-state index contributed by atoms with van der Waals surface area (Å²) < 4.78 is 43.6. The molecular formula is C15H21FN2O5S. The van der Waals surface area contributed by atoms with E-state index in [-0.39, 0.29) is 4.90 Å². The molecule has 1 rings (SSSR count). The number of amides is 1. The summed E-state index contributed by atoms with van der Waals surface area (Å²) in [6.45, 7) is 6.06. The second kappa shape index (κ2) is 7.71. The lowest BCUT2D eigenvalue weighted by molar-refractivity contribution is -0.154. The first-order chi connectivity index (χ1) is 10.9. The highest BCUT2D eigenvalue weighted by molar-refractivity contribution is 7.89. The molecule has 0 heterocycles. The van der Waals surface area contributed by atoms with Crippen molar-refractivity contribution in [1.82, 2.24) is 10.0 Å². The number of benzene rings is 1. The Kier molecular flexibility index (Phi) is 6.44. The highest BCUT2D eigenvalue weighted by atomic mass is 32.2. The zero-order chi connectivity index (χ0) is 18.5. The van der Waals surface area contributed by atoms with E-state index in [9.17, 15) is 22.4 Å². The molecule has 1 aromatic rings. The van der Waals surface area contributed by atoms with Crippen LogP contribution in [0.1, 0.15) is 27.7 Å². The van der Waals surface area contributed by atoms with E-state index in [4.69, 9.17) is 4.74 Å². The SMILES string of the molecule is C[C@H](OC(=O)CNS(=O)(=O)c1ccc(F)cc1)C(=O)NC(C)(C)C. The van der Waals surface area contributed by atoms with Crippen molar-refractivity contribution in [2.45, 2.75) is 44.2 Å². The van der Waals surface area contributed by atoms with Gasteiger partial charge >= 0.3 is 5.97 Å². The van der Waals surface area contributed by atoms with Crippen LogP contribution in [0.5, 0.6) is 0 Å². The van der Waals surface area contributed by atoms with Gasteiger partial charge in [0.1, 0.15) is 12.4 Å². The summed E-state index contributed by atoms with van der Waals surface area (Å²) in [5.41, 5.74) is -0.484. The first kappa shape index (κ1) is 20.0. The predicted octanol–water partition coefficient (Wildman–Crippen LogP) is 0.950. The van der Waals surface area contributed by atoms with Gasteiger partial charge < -0.3 is 10.1 Å². The maximum atomic E-state index is 12.8. The van der Waals surface area contributed by atoms with Crippen molar-refractivity contribution in [2.24, 2.45) is 0 Å². The third kappa shape index (κ3) is 6.63. The Hall–Kier alpha value is -2.00. The van der Waals surface area contributed by atoms with Gasteiger partial charge in [-0.25, -0.2) is 12.8 Å². The van der Waals surface area contributed by atoms with E-state index >= 15 is 0 Å². The van der Waals surface area contributed by atoms with Crippen molar-refractivity contribution >= 4 is 21.9 Å². The van der Waals surface area contributed by atoms with Crippen LogP contribution in [-0.4, -0.2) is 38.5 Å². The molecule has 134 valence electrons. The molecule has 0 saturated carbocycles. The average Bonchev–Trinajstić information content (AvgIpc) is 2.44. The van der Waals surface area contributed by atoms with Crippen molar-refractivity contribution in [3.8, 4) is 0 Å². The highest BCUT2D eigenvalue weighted by Gasteiger charge is 2.23. The normalized spacial score (nSPS) is 13.2. The molecule has 0 aliphatic rings. The Labute approximate surface area is 140 Å². The Morgan fingerprint density at radius 2 is 1.75 bits per heavy atom. The van der Waals surface area contributed by atoms with Gasteiger partial charge in [-0.3, -0.25) is 9.59 Å². The van der Waals surface area contributed by atoms with Crippen LogP contribution in [0.15, 0.2) is 29.2 Å². The number of hydrogen-bond donors (Lipinski definition) is 2. The number of nitrogens with one attached hydrogen (secondary N) is 2. The molecule has 7 nitrogen and oxygen atoms in total. The average molecular weight is 360 g/mol. The molecule has 9 heteroatoms. The van der Waals surface area contributed by atoms with Gasteiger partial charge in [0.2, 0.25) is 10.0 Å². The number of halogens is 1. The van der Waals surface area contributed by atoms with E-state index in [0.29, 0.717) is 0 Å². The molecule has 0 aliphatic heterocycles. The third-order valence-corrected chi connectivity index (χ3v) is 4.12. The molecule has 0 radical (unpaired) electrons. The summed E-state index contributed by atoms with van der Waals surface area (Å²) in [6, 6.07) is 4.13. The number of sulfonamides is 1. The number of carbonyl (C=O) groups excluding carboxylic acids is 2. The maximum Gasteiger partial charge on any atom is 0.321 e. The lowest BCUT2D eigenvalue weighted by Gasteiger charge is -2.23. The minimum Gasteiger partial charge on any atom is -0.452 e. The van der Waals surface area contributed by atoms with Crippen LogP contribution in [0.4, 0.5) is 4.39 Å². The molecule has 0 aromatic heterocycles. The third-order valence-electron chi connectivity index (χ3n) is 2.71. The van der Waals surface area contributed by atoms with Gasteiger partial charge in [0, 0.05) is 5.54 Å². The molecule has 2 N–H and O–H groups in total. The van der Waals surface area contributed by atoms with E-state index in [1.807, 2.05) is 4.72 Å². The summed E-state index contributed by atoms with van der Waals surface area (Å²) in [5, 5.41) is 2.64. The van der Waals surface area contributed by atoms with Crippen LogP contribution < -0.4 is 10.0 Å². The standard InChI is InChI=1S/C15H21FN2O5S/c1-10(14(20)18-15(2,3)4)23-13(19)9-17-24(21,22)12-7-5-11(16)6-8-12/h5-8,10,17H,9H2,1-4H3,(H,18,20)/t10-/m0/s1. The summed E-state index contributed by atoms with van der Waals surface area (Å²) in [7, 11) is -3.98. The van der Waals surface area contributed by atoms with Gasteiger partial charge in [0.25, 0.3) is 5.91 Å². The van der Waals surface area contributed by atoms with Gasteiger partial charge in [-0.1, -0.05) is 0 Å². The van der Waals surface area contributed by atoms with Crippen molar-refractivity contribution in [1.29, 1.82) is 0 Å². The lowest BCUT2D eigenvalue weighted by Crippen LogP contribution is -2.46. The molecular weight excluding hydrogens is 339 g/mol. The van der Waals surface area contributed by atoms with E-state index in [1.54, 1.807) is 20.8 Å². The topological polar surface area (TPSA) is 102 Å². The molecule has 1 atom stereocenters. The van der Waals surface area contributed by atoms with E-state index in [2.05, 4.69) is 5.32 Å². The monoisotopic (exact) mass is 360 g/mol. The smallest absolute Gasteiger partial charge is 0.321 e. The Morgan fingerprint density at radius 3 is 2.25 bits per heavy atom. The van der Waals surface area contributed by atoms with Crippen molar-refractivity contribution < 1.29 is 27.1 Å². The Bertz CT molecular complexity index is 696. The minimum absolute atomic E-state index is 0.185. The minimum atomic E-state index is -3.98. The number of ether oxygens (including phenoxy) is 1. The van der Waals surface area contributed by atoms with Crippen LogP contribution in [-0.2, 0) is 24.3 Å². The van der Waals surface area contributed by atoms with Crippen LogP contribution in [0, 0.1) is 5.82 Å². The second-order valence-electron chi connectivity index (χ2n) is 6.15. The summed E-state index contributed by atoms with van der Waals surface area (Å²) in [6.07, 6.45) is -1.06. The first-order valence-corrected chi connectivity index (χ1v) is 8.66. The summed E-state index contributed by atoms with van der Waals surface area (Å²) in [4.78, 5) is 23.3. The van der Waals surface area contributed by atoms with Crippen molar-refractivity contribution in [3.05, 3.63) is 30.1 Å². The zero-order valence-corrected chi connectivity index (χ0v) is 14.7. The fourth-order valence-electron chi connectivity index (χ4n) is 1.61. The second-order valence-corrected chi connectivity index (χ2v) is 7.92. The molecule has 0 saturated heterocycles. The van der Waals surface area contributed by atoms with Crippen molar-refractivity contribution in [2.75, 3.05) is 6.54 Å². The number of rotatable bonds is 6. The largest absolute Gasteiger partial charge is 0.452 e. The van der Waals surface area contributed by atoms with Gasteiger partial charge in [0.05, 0.1) is 4.90 Å². The van der Waals surface area contributed by atoms with Crippen LogP contribution in [0.3, 0.4) is 0 Å². The molecule has 24 heavy (non-hydrogen) atoms. The van der Waals surface area contributed by atoms with E-state index in [0.717, 1.165) is 24.3 Å². The van der Waals surface area contributed by atoms with Gasteiger partial charge in [-0.2, -0.15) is 4.72 Å².